The van der Waals surface area contributed by atoms with Crippen molar-refractivity contribution in [1.29, 1.82) is 0 Å². The van der Waals surface area contributed by atoms with Crippen LogP contribution in [0.5, 0.6) is 5.75 Å². The Morgan fingerprint density at radius 2 is 1.93 bits per heavy atom. The van der Waals surface area contributed by atoms with Crippen LogP contribution in [0, 0.1) is 5.82 Å². The molecule has 0 amide bonds. The summed E-state index contributed by atoms with van der Waals surface area (Å²) in [5.41, 5.74) is 0. The summed E-state index contributed by atoms with van der Waals surface area (Å²) in [6, 6.07) is 5.27. The first-order chi connectivity index (χ1) is 7.22. The van der Waals surface area contributed by atoms with Gasteiger partial charge in [0.2, 0.25) is 0 Å². The van der Waals surface area contributed by atoms with Crippen molar-refractivity contribution in [2.24, 2.45) is 0 Å². The molecule has 0 aliphatic rings. The summed E-state index contributed by atoms with van der Waals surface area (Å²) >= 11 is 0. The lowest BCUT2D eigenvalue weighted by Gasteiger charge is -2.03. The van der Waals surface area contributed by atoms with Gasteiger partial charge < -0.3 is 9.84 Å². The second kappa shape index (κ2) is 6.14. The fourth-order valence-electron chi connectivity index (χ4n) is 1.07. The molecule has 0 radical (unpaired) electrons. The van der Waals surface area contributed by atoms with Crippen molar-refractivity contribution in [2.45, 2.75) is 19.3 Å². The number of aliphatic hydroxyl groups is 1. The molecule has 82 valence electrons. The summed E-state index contributed by atoms with van der Waals surface area (Å²) in [6.45, 7) is 0.0732. The van der Waals surface area contributed by atoms with Crippen molar-refractivity contribution in [3.8, 4) is 5.75 Å². The van der Waals surface area contributed by atoms with Crippen LogP contribution >= 0.6 is 0 Å². The van der Waals surface area contributed by atoms with E-state index in [-0.39, 0.29) is 24.8 Å². The minimum Gasteiger partial charge on any atom is -0.427 e. The van der Waals surface area contributed by atoms with E-state index < -0.39 is 0 Å². The molecule has 1 N–H and O–H groups in total. The van der Waals surface area contributed by atoms with Crippen LogP contribution in [0.15, 0.2) is 24.3 Å². The van der Waals surface area contributed by atoms with Gasteiger partial charge in [0.25, 0.3) is 0 Å². The zero-order chi connectivity index (χ0) is 11.1. The number of benzene rings is 1. The Balaban J connectivity index is 2.34. The van der Waals surface area contributed by atoms with Crippen LogP contribution in [0.4, 0.5) is 4.39 Å². The highest BCUT2D eigenvalue weighted by Crippen LogP contribution is 2.12. The molecule has 1 rings (SSSR count). The van der Waals surface area contributed by atoms with Crippen molar-refractivity contribution in [3.05, 3.63) is 30.1 Å². The van der Waals surface area contributed by atoms with Crippen LogP contribution in [0.25, 0.3) is 0 Å². The number of aliphatic hydroxyl groups excluding tert-OH is 1. The Morgan fingerprint density at radius 1 is 1.27 bits per heavy atom. The summed E-state index contributed by atoms with van der Waals surface area (Å²) in [4.78, 5) is 11.2. The lowest BCUT2D eigenvalue weighted by atomic mass is 10.2. The summed E-state index contributed by atoms with van der Waals surface area (Å²) < 4.78 is 17.4. The minimum atomic E-state index is -0.366. The van der Waals surface area contributed by atoms with Crippen LogP contribution < -0.4 is 4.74 Å². The van der Waals surface area contributed by atoms with Gasteiger partial charge >= 0.3 is 5.97 Å². The largest absolute Gasteiger partial charge is 0.427 e. The molecule has 0 aliphatic carbocycles. The molecule has 1 aromatic carbocycles. The molecule has 0 unspecified atom stereocenters. The lowest BCUT2D eigenvalue weighted by Crippen LogP contribution is -2.07. The van der Waals surface area contributed by atoms with E-state index in [1.807, 2.05) is 0 Å². The molecule has 15 heavy (non-hydrogen) atoms. The van der Waals surface area contributed by atoms with Crippen LogP contribution in [-0.2, 0) is 4.79 Å². The highest BCUT2D eigenvalue weighted by molar-refractivity contribution is 5.72. The van der Waals surface area contributed by atoms with Crippen LogP contribution in [0.1, 0.15) is 19.3 Å². The highest BCUT2D eigenvalue weighted by Gasteiger charge is 2.04. The van der Waals surface area contributed by atoms with Crippen LogP contribution in [0.2, 0.25) is 0 Å². The van der Waals surface area contributed by atoms with Gasteiger partial charge in [-0.3, -0.25) is 4.79 Å². The Hall–Kier alpha value is -1.42. The fraction of sp³-hybridized carbons (Fsp3) is 0.364. The molecule has 0 bridgehead atoms. The Morgan fingerprint density at radius 3 is 2.53 bits per heavy atom. The van der Waals surface area contributed by atoms with E-state index in [0.717, 1.165) is 0 Å². The third-order valence-corrected chi connectivity index (χ3v) is 1.83. The summed E-state index contributed by atoms with van der Waals surface area (Å²) in [6.07, 6.45) is 1.44. The van der Waals surface area contributed by atoms with Crippen molar-refractivity contribution in [3.63, 3.8) is 0 Å². The molecule has 0 atom stereocenters. The van der Waals surface area contributed by atoms with Crippen LogP contribution in [-0.4, -0.2) is 17.7 Å². The maximum Gasteiger partial charge on any atom is 0.311 e. The van der Waals surface area contributed by atoms with Gasteiger partial charge in [0.1, 0.15) is 11.6 Å². The predicted molar refractivity (Wildman–Crippen MR) is 53.0 cm³/mol. The predicted octanol–water partition coefficient (Wildman–Crippen LogP) is 1.89. The average Bonchev–Trinajstić information content (AvgIpc) is 2.22. The van der Waals surface area contributed by atoms with E-state index >= 15 is 0 Å². The van der Waals surface area contributed by atoms with E-state index in [2.05, 4.69) is 0 Å². The first-order valence-electron chi connectivity index (χ1n) is 4.79. The van der Waals surface area contributed by atoms with Gasteiger partial charge in [-0.2, -0.15) is 0 Å². The van der Waals surface area contributed by atoms with Gasteiger partial charge in [-0.25, -0.2) is 4.39 Å². The molecule has 0 spiro atoms. The van der Waals surface area contributed by atoms with Crippen molar-refractivity contribution < 1.29 is 19.0 Å². The molecule has 4 heteroatoms. The zero-order valence-electron chi connectivity index (χ0n) is 8.28. The number of unbranched alkanes of at least 4 members (excludes halogenated alkanes) is 1. The molecular weight excluding hydrogens is 199 g/mol. The van der Waals surface area contributed by atoms with Gasteiger partial charge in [-0.15, -0.1) is 0 Å². The SMILES string of the molecule is O=C(CCCCO)Oc1ccc(F)cc1. The molecule has 0 saturated heterocycles. The molecule has 0 aromatic heterocycles. The smallest absolute Gasteiger partial charge is 0.311 e. The molecule has 0 saturated carbocycles. The summed E-state index contributed by atoms with van der Waals surface area (Å²) in [7, 11) is 0. The average molecular weight is 212 g/mol. The van der Waals surface area contributed by atoms with Crippen molar-refractivity contribution in [2.75, 3.05) is 6.61 Å². The summed E-state index contributed by atoms with van der Waals surface area (Å²) in [5.74, 6) is -0.393. The molecule has 0 heterocycles. The quantitative estimate of drug-likeness (QED) is 0.460. The number of carbonyl (C=O) groups is 1. The molecule has 0 fully saturated rings. The molecule has 1 aromatic rings. The van der Waals surface area contributed by atoms with Crippen LogP contribution in [0.3, 0.4) is 0 Å². The van der Waals surface area contributed by atoms with Gasteiger partial charge in [0.05, 0.1) is 0 Å². The van der Waals surface area contributed by atoms with Gasteiger partial charge in [0, 0.05) is 13.0 Å². The number of hydrogen-bond acceptors (Lipinski definition) is 3. The number of esters is 1. The van der Waals surface area contributed by atoms with Gasteiger partial charge in [-0.1, -0.05) is 0 Å². The van der Waals surface area contributed by atoms with E-state index in [1.54, 1.807) is 0 Å². The second-order valence-corrected chi connectivity index (χ2v) is 3.11. The highest BCUT2D eigenvalue weighted by atomic mass is 19.1. The number of rotatable bonds is 5. The third-order valence-electron chi connectivity index (χ3n) is 1.83. The first-order valence-corrected chi connectivity index (χ1v) is 4.79. The Bertz CT molecular complexity index is 308. The Kier molecular flexibility index (Phi) is 4.77. The number of hydrogen-bond donors (Lipinski definition) is 1. The van der Waals surface area contributed by atoms with Gasteiger partial charge in [0.15, 0.2) is 0 Å². The zero-order valence-corrected chi connectivity index (χ0v) is 8.28. The van der Waals surface area contributed by atoms with E-state index in [0.29, 0.717) is 18.6 Å². The number of carbonyl (C=O) groups excluding carboxylic acids is 1. The maximum atomic E-state index is 12.5. The lowest BCUT2D eigenvalue weighted by molar-refractivity contribution is -0.134. The first kappa shape index (κ1) is 11.7. The monoisotopic (exact) mass is 212 g/mol. The Labute approximate surface area is 87.5 Å². The number of ether oxygens (including phenoxy) is 1. The molecule has 0 aliphatic heterocycles. The topological polar surface area (TPSA) is 46.5 Å². The normalized spacial score (nSPS) is 10.0. The fourth-order valence-corrected chi connectivity index (χ4v) is 1.07. The molecule has 3 nitrogen and oxygen atoms in total. The second-order valence-electron chi connectivity index (χ2n) is 3.11. The standard InChI is InChI=1S/C11H13FO3/c12-9-4-6-10(7-5-9)15-11(14)3-1-2-8-13/h4-7,13H,1-3,8H2. The van der Waals surface area contributed by atoms with E-state index in [9.17, 15) is 9.18 Å². The third kappa shape index (κ3) is 4.56. The minimum absolute atomic E-state index is 0.0732. The molecular formula is C11H13FO3. The van der Waals surface area contributed by atoms with E-state index in [4.69, 9.17) is 9.84 Å². The maximum absolute atomic E-state index is 12.5. The van der Waals surface area contributed by atoms with E-state index in [1.165, 1.54) is 24.3 Å². The number of halogens is 1. The van der Waals surface area contributed by atoms with Crippen molar-refractivity contribution >= 4 is 5.97 Å². The summed E-state index contributed by atoms with van der Waals surface area (Å²) in [5, 5.41) is 8.51. The van der Waals surface area contributed by atoms with Gasteiger partial charge in [-0.05, 0) is 37.1 Å². The van der Waals surface area contributed by atoms with Crippen molar-refractivity contribution in [1.82, 2.24) is 0 Å².